The van der Waals surface area contributed by atoms with Crippen molar-refractivity contribution in [2.75, 3.05) is 5.32 Å². The van der Waals surface area contributed by atoms with Crippen LogP contribution in [0.2, 0.25) is 0 Å². The summed E-state index contributed by atoms with van der Waals surface area (Å²) in [6.07, 6.45) is -7.46. The molecule has 0 bridgehead atoms. The number of nitrogens with zero attached hydrogens (tertiary/aromatic N) is 1. The molecule has 4 nitrogen and oxygen atoms in total. The van der Waals surface area contributed by atoms with Crippen LogP contribution in [0, 0.1) is 6.92 Å². The standard InChI is InChI=1S/C24H18F6N2O2.C2H6/c1-4-34-14(3)20-8-6-18(19-9-13(2)5-7-21(19)32-20)22(33)31-17-11-15(23(25,26)27)10-16(12-17)24(28,29)30;1-2/h4-5,7-12H,1,3,6H2,2H3,(H,31,33);1-2H3. The minimum Gasteiger partial charge on any atom is -0.464 e. The predicted octanol–water partition coefficient (Wildman–Crippen LogP) is 6.43. The lowest BCUT2D eigenvalue weighted by molar-refractivity contribution is -0.143. The highest BCUT2D eigenvalue weighted by Gasteiger charge is 2.37. The number of rotatable bonds is 5. The Morgan fingerprint density at radius 1 is 1.03 bits per heavy atom. The number of aryl methyl sites for hydroxylation is 1. The molecule has 1 N–H and O–H groups in total. The van der Waals surface area contributed by atoms with Crippen molar-refractivity contribution in [2.24, 2.45) is 4.99 Å². The van der Waals surface area contributed by atoms with Crippen LogP contribution in [0.3, 0.4) is 0 Å². The zero-order chi connectivity index (χ0) is 27.3. The molecule has 0 radical (unpaired) electrons. The lowest BCUT2D eigenvalue weighted by Crippen LogP contribution is -2.31. The van der Waals surface area contributed by atoms with Gasteiger partial charge >= 0.3 is 12.4 Å². The Morgan fingerprint density at radius 3 is 2.14 bits per heavy atom. The number of halogens is 6. The zero-order valence-corrected chi connectivity index (χ0v) is 19.8. The fraction of sp³-hybridized carbons (Fsp3) is 0.231. The van der Waals surface area contributed by atoms with Crippen molar-refractivity contribution in [3.8, 4) is 0 Å². The third-order valence-corrected chi connectivity index (χ3v) is 4.85. The maximum absolute atomic E-state index is 13.2. The molecule has 1 heterocycles. The lowest BCUT2D eigenvalue weighted by Gasteiger charge is -2.15. The molecule has 2 aromatic carbocycles. The van der Waals surface area contributed by atoms with E-state index in [1.54, 1.807) is 25.1 Å². The van der Waals surface area contributed by atoms with Gasteiger partial charge in [-0.15, -0.1) is 0 Å². The van der Waals surface area contributed by atoms with Crippen molar-refractivity contribution >= 4 is 17.2 Å². The van der Waals surface area contributed by atoms with Crippen molar-refractivity contribution in [1.29, 1.82) is 0 Å². The number of benzene rings is 2. The summed E-state index contributed by atoms with van der Waals surface area (Å²) in [5.41, 5.74) is -2.55. The van der Waals surface area contributed by atoms with E-state index in [4.69, 9.17) is 4.74 Å². The lowest BCUT2D eigenvalue weighted by atomic mass is 10.0. The second-order valence-electron chi connectivity index (χ2n) is 7.36. The van der Waals surface area contributed by atoms with E-state index >= 15 is 0 Å². The van der Waals surface area contributed by atoms with Crippen molar-refractivity contribution in [2.45, 2.75) is 39.5 Å². The van der Waals surface area contributed by atoms with Crippen LogP contribution in [0.15, 0.2) is 78.3 Å². The number of ether oxygens (including phenoxy) is 1. The number of nitrogens with one attached hydrogen (secondary N) is 1. The molecule has 0 saturated heterocycles. The number of alkyl halides is 6. The van der Waals surface area contributed by atoms with Crippen LogP contribution in [0.25, 0.3) is 5.57 Å². The van der Waals surface area contributed by atoms with Gasteiger partial charge in [-0.2, -0.15) is 26.3 Å². The molecule has 0 saturated carbocycles. The first-order valence-electron chi connectivity index (χ1n) is 10.8. The molecule has 36 heavy (non-hydrogen) atoms. The molecule has 0 atom stereocenters. The van der Waals surface area contributed by atoms with Gasteiger partial charge in [0.15, 0.2) is 0 Å². The average molecular weight is 510 g/mol. The Bertz CT molecular complexity index is 1290. The molecule has 1 aliphatic rings. The highest BCUT2D eigenvalue weighted by Crippen LogP contribution is 2.37. The number of hydrogen-bond acceptors (Lipinski definition) is 3. The summed E-state index contributed by atoms with van der Waals surface area (Å²) in [4.78, 5) is 17.5. The van der Waals surface area contributed by atoms with Gasteiger partial charge in [0.05, 0.1) is 22.7 Å². The van der Waals surface area contributed by atoms with E-state index in [-0.39, 0.29) is 23.8 Å². The summed E-state index contributed by atoms with van der Waals surface area (Å²) in [7, 11) is 0. The molecule has 1 aliphatic heterocycles. The van der Waals surface area contributed by atoms with Crippen molar-refractivity contribution in [3.63, 3.8) is 0 Å². The van der Waals surface area contributed by atoms with Crippen LogP contribution in [0.1, 0.15) is 37.0 Å². The molecule has 192 valence electrons. The summed E-state index contributed by atoms with van der Waals surface area (Å²) in [5.74, 6) is -0.724. The Hall–Kier alpha value is -3.82. The van der Waals surface area contributed by atoms with E-state index in [0.29, 0.717) is 28.4 Å². The first-order valence-corrected chi connectivity index (χ1v) is 10.8. The Morgan fingerprint density at radius 2 is 1.61 bits per heavy atom. The maximum atomic E-state index is 13.2. The summed E-state index contributed by atoms with van der Waals surface area (Å²) in [6.45, 7) is 12.9. The van der Waals surface area contributed by atoms with E-state index in [0.717, 1.165) is 11.8 Å². The van der Waals surface area contributed by atoms with Crippen LogP contribution in [0.4, 0.5) is 32.0 Å². The van der Waals surface area contributed by atoms with Gasteiger partial charge < -0.3 is 10.1 Å². The van der Waals surface area contributed by atoms with Gasteiger partial charge in [-0.25, -0.2) is 4.99 Å². The highest BCUT2D eigenvalue weighted by atomic mass is 19.4. The minimum absolute atomic E-state index is 0.00772. The van der Waals surface area contributed by atoms with Gasteiger partial charge in [0.25, 0.3) is 5.91 Å². The number of hydrogen-bond donors (Lipinski definition) is 1. The van der Waals surface area contributed by atoms with Crippen LogP contribution < -0.4 is 15.9 Å². The monoisotopic (exact) mass is 510 g/mol. The molecular formula is C26H24F6N2O2. The predicted molar refractivity (Wildman–Crippen MR) is 125 cm³/mol. The molecule has 0 aliphatic carbocycles. The fourth-order valence-corrected chi connectivity index (χ4v) is 3.26. The average Bonchev–Trinajstić information content (AvgIpc) is 2.99. The maximum Gasteiger partial charge on any atom is 0.416 e. The van der Waals surface area contributed by atoms with Crippen LogP contribution >= 0.6 is 0 Å². The number of allylic oxidation sites excluding steroid dienone is 1. The van der Waals surface area contributed by atoms with Crippen LogP contribution in [-0.4, -0.2) is 5.91 Å². The van der Waals surface area contributed by atoms with Crippen molar-refractivity contribution < 1.29 is 35.9 Å². The Kier molecular flexibility index (Phi) is 8.90. The third-order valence-electron chi connectivity index (χ3n) is 4.85. The zero-order valence-electron chi connectivity index (χ0n) is 19.8. The summed E-state index contributed by atoms with van der Waals surface area (Å²) < 4.78 is 84.2. The number of anilines is 1. The largest absolute Gasteiger partial charge is 0.464 e. The van der Waals surface area contributed by atoms with Crippen molar-refractivity contribution in [3.05, 3.63) is 101 Å². The molecular weight excluding hydrogens is 486 g/mol. The smallest absolute Gasteiger partial charge is 0.416 e. The van der Waals surface area contributed by atoms with Gasteiger partial charge in [-0.05, 0) is 43.7 Å². The van der Waals surface area contributed by atoms with Gasteiger partial charge in [0.2, 0.25) is 0 Å². The summed E-state index contributed by atoms with van der Waals surface area (Å²) >= 11 is 0. The van der Waals surface area contributed by atoms with Gasteiger partial charge in [-0.1, -0.05) is 44.7 Å². The fourth-order valence-electron chi connectivity index (χ4n) is 3.26. The second-order valence-corrected chi connectivity index (χ2v) is 7.36. The number of carbonyl (C=O) groups is 1. The number of fused-ring (bicyclic) bond motifs is 1. The van der Waals surface area contributed by atoms with Gasteiger partial charge in [0, 0.05) is 16.5 Å². The van der Waals surface area contributed by atoms with Crippen molar-refractivity contribution in [1.82, 2.24) is 0 Å². The molecule has 0 aromatic heterocycles. The third kappa shape index (κ3) is 6.87. The van der Waals surface area contributed by atoms with E-state index in [1.807, 2.05) is 13.8 Å². The minimum atomic E-state index is -5.04. The van der Waals surface area contributed by atoms with Gasteiger partial charge in [-0.3, -0.25) is 4.79 Å². The molecule has 1 amide bonds. The van der Waals surface area contributed by atoms with E-state index in [1.165, 1.54) is 6.08 Å². The molecule has 3 rings (SSSR count). The van der Waals surface area contributed by atoms with E-state index in [9.17, 15) is 31.1 Å². The second kappa shape index (κ2) is 11.3. The molecule has 0 fully saturated rings. The number of carbonyl (C=O) groups excluding carboxylic acids is 1. The van der Waals surface area contributed by atoms with Crippen LogP contribution in [0.5, 0.6) is 0 Å². The Balaban J connectivity index is 0.00000222. The summed E-state index contributed by atoms with van der Waals surface area (Å²) in [6, 6.07) is 5.91. The first-order chi connectivity index (χ1) is 16.8. The SMILES string of the molecule is C=COC(=C)C1=CCC(C(=O)Nc2cc(C(F)(F)F)cc(C(F)(F)F)c2)=c2cc(C)ccc2=N1.CC. The topological polar surface area (TPSA) is 50.7 Å². The molecule has 0 spiro atoms. The summed E-state index contributed by atoms with van der Waals surface area (Å²) in [5, 5.41) is 2.91. The van der Waals surface area contributed by atoms with E-state index in [2.05, 4.69) is 23.5 Å². The normalized spacial score (nSPS) is 13.1. The quantitative estimate of drug-likeness (QED) is 0.372. The Labute approximate surface area is 204 Å². The molecule has 0 unspecified atom stereocenters. The molecule has 2 aromatic rings. The first kappa shape index (κ1) is 28.4. The van der Waals surface area contributed by atoms with Crippen LogP contribution in [-0.2, 0) is 21.9 Å². The van der Waals surface area contributed by atoms with Gasteiger partial charge in [0.1, 0.15) is 11.5 Å². The number of amides is 1. The van der Waals surface area contributed by atoms with E-state index < -0.39 is 35.1 Å². The highest BCUT2D eigenvalue weighted by molar-refractivity contribution is 6.20. The molecule has 10 heteroatoms.